The van der Waals surface area contributed by atoms with Crippen LogP contribution in [-0.4, -0.2) is 42.6 Å². The average Bonchev–Trinajstić information content (AvgIpc) is 3.00. The van der Waals surface area contributed by atoms with Crippen LogP contribution >= 0.6 is 0 Å². The molecule has 0 saturated carbocycles. The van der Waals surface area contributed by atoms with Gasteiger partial charge in [-0.15, -0.1) is 0 Å². The molecule has 0 saturated heterocycles. The molecule has 2 aromatic rings. The van der Waals surface area contributed by atoms with Gasteiger partial charge in [-0.1, -0.05) is 56.3 Å². The Morgan fingerprint density at radius 2 is 1.92 bits per heavy atom. The van der Waals surface area contributed by atoms with E-state index >= 15 is 0 Å². The van der Waals surface area contributed by atoms with E-state index in [4.69, 9.17) is 4.52 Å². The van der Waals surface area contributed by atoms with Crippen LogP contribution in [0.5, 0.6) is 0 Å². The van der Waals surface area contributed by atoms with Crippen molar-refractivity contribution in [3.8, 4) is 11.3 Å². The van der Waals surface area contributed by atoms with Crippen molar-refractivity contribution in [3.05, 3.63) is 42.1 Å². The number of hydrogen-bond donors (Lipinski definition) is 1. The Labute approximate surface area is 144 Å². The molecule has 1 N–H and O–H groups in total. The van der Waals surface area contributed by atoms with Gasteiger partial charge in [0.15, 0.2) is 11.5 Å². The molecule has 0 bridgehead atoms. The van der Waals surface area contributed by atoms with E-state index in [9.17, 15) is 4.79 Å². The highest BCUT2D eigenvalue weighted by Gasteiger charge is 2.27. The fraction of sp³-hybridized carbons (Fsp3) is 0.474. The number of carbonyl (C=O) groups is 1. The van der Waals surface area contributed by atoms with Gasteiger partial charge in [0.1, 0.15) is 0 Å². The lowest BCUT2D eigenvalue weighted by Crippen LogP contribution is -2.45. The summed E-state index contributed by atoms with van der Waals surface area (Å²) in [6, 6.07) is 11.4. The number of nitrogens with one attached hydrogen (secondary N) is 1. The van der Waals surface area contributed by atoms with Crippen molar-refractivity contribution in [2.45, 2.75) is 33.2 Å². The van der Waals surface area contributed by atoms with Crippen molar-refractivity contribution >= 4 is 5.91 Å². The van der Waals surface area contributed by atoms with E-state index in [1.165, 1.54) is 0 Å². The second-order valence-corrected chi connectivity index (χ2v) is 7.43. The Morgan fingerprint density at radius 3 is 2.50 bits per heavy atom. The maximum atomic E-state index is 12.5. The quantitative estimate of drug-likeness (QED) is 0.882. The third kappa shape index (κ3) is 4.93. The monoisotopic (exact) mass is 329 g/mol. The summed E-state index contributed by atoms with van der Waals surface area (Å²) in [5.74, 6) is 0.404. The summed E-state index contributed by atoms with van der Waals surface area (Å²) in [6.45, 7) is 7.31. The van der Waals surface area contributed by atoms with Crippen LogP contribution in [0.4, 0.5) is 0 Å². The van der Waals surface area contributed by atoms with Gasteiger partial charge in [0.2, 0.25) is 0 Å². The van der Waals surface area contributed by atoms with E-state index in [-0.39, 0.29) is 17.4 Å². The van der Waals surface area contributed by atoms with Crippen LogP contribution in [0, 0.1) is 5.41 Å². The van der Waals surface area contributed by atoms with Crippen molar-refractivity contribution in [1.29, 1.82) is 0 Å². The van der Waals surface area contributed by atoms with Gasteiger partial charge < -0.3 is 14.7 Å². The molecule has 1 unspecified atom stereocenters. The Morgan fingerprint density at radius 1 is 1.25 bits per heavy atom. The highest BCUT2D eigenvalue weighted by atomic mass is 16.5. The highest BCUT2D eigenvalue weighted by molar-refractivity contribution is 5.93. The molecule has 2 rings (SSSR count). The third-order valence-electron chi connectivity index (χ3n) is 4.02. The number of benzene rings is 1. The molecule has 0 spiro atoms. The standard InChI is InChI=1S/C19H27N3O2/c1-19(2,3)17(11-12-22(4)5)20-18(23)15-13-16(24-21-15)14-9-7-6-8-10-14/h6-10,13,17H,11-12H2,1-5H3,(H,20,23). The number of nitrogens with zero attached hydrogens (tertiary/aromatic N) is 2. The van der Waals surface area contributed by atoms with E-state index in [1.807, 2.05) is 44.4 Å². The molecule has 1 aromatic carbocycles. The van der Waals surface area contributed by atoms with Gasteiger partial charge in [-0.2, -0.15) is 0 Å². The van der Waals surface area contributed by atoms with Crippen LogP contribution in [0.2, 0.25) is 0 Å². The van der Waals surface area contributed by atoms with Gasteiger partial charge in [0, 0.05) is 17.7 Å². The number of rotatable bonds is 6. The number of hydrogen-bond acceptors (Lipinski definition) is 4. The Bertz CT molecular complexity index is 657. The van der Waals surface area contributed by atoms with Crippen molar-refractivity contribution in [2.24, 2.45) is 5.41 Å². The lowest BCUT2D eigenvalue weighted by atomic mass is 9.84. The van der Waals surface area contributed by atoms with E-state index in [1.54, 1.807) is 6.07 Å². The van der Waals surface area contributed by atoms with Gasteiger partial charge in [-0.3, -0.25) is 4.79 Å². The topological polar surface area (TPSA) is 58.4 Å². The van der Waals surface area contributed by atoms with E-state index < -0.39 is 0 Å². The first-order valence-electron chi connectivity index (χ1n) is 8.25. The fourth-order valence-corrected chi connectivity index (χ4v) is 2.46. The van der Waals surface area contributed by atoms with Gasteiger partial charge in [0.25, 0.3) is 5.91 Å². The van der Waals surface area contributed by atoms with Crippen molar-refractivity contribution < 1.29 is 9.32 Å². The van der Waals surface area contributed by atoms with Gasteiger partial charge in [0.05, 0.1) is 0 Å². The molecule has 0 aliphatic heterocycles. The number of aromatic nitrogens is 1. The second-order valence-electron chi connectivity index (χ2n) is 7.43. The minimum absolute atomic E-state index is 0.0301. The zero-order valence-corrected chi connectivity index (χ0v) is 15.2. The lowest BCUT2D eigenvalue weighted by Gasteiger charge is -2.32. The fourth-order valence-electron chi connectivity index (χ4n) is 2.46. The predicted molar refractivity (Wildman–Crippen MR) is 95.8 cm³/mol. The highest BCUT2D eigenvalue weighted by Crippen LogP contribution is 2.23. The number of amides is 1. The molecule has 1 heterocycles. The Kier molecular flexibility index (Phi) is 5.78. The van der Waals surface area contributed by atoms with Crippen LogP contribution < -0.4 is 5.32 Å². The smallest absolute Gasteiger partial charge is 0.273 e. The minimum Gasteiger partial charge on any atom is -0.355 e. The first kappa shape index (κ1) is 18.2. The van der Waals surface area contributed by atoms with Crippen LogP contribution in [0.1, 0.15) is 37.7 Å². The zero-order valence-electron chi connectivity index (χ0n) is 15.2. The van der Waals surface area contributed by atoms with E-state index in [0.717, 1.165) is 18.5 Å². The summed E-state index contributed by atoms with van der Waals surface area (Å²) in [5, 5.41) is 7.03. The molecule has 0 radical (unpaired) electrons. The molecular weight excluding hydrogens is 302 g/mol. The maximum Gasteiger partial charge on any atom is 0.273 e. The lowest BCUT2D eigenvalue weighted by molar-refractivity contribution is 0.0884. The van der Waals surface area contributed by atoms with E-state index in [2.05, 4.69) is 36.1 Å². The summed E-state index contributed by atoms with van der Waals surface area (Å²) in [7, 11) is 4.07. The van der Waals surface area contributed by atoms with E-state index in [0.29, 0.717) is 11.5 Å². The van der Waals surface area contributed by atoms with Crippen molar-refractivity contribution in [3.63, 3.8) is 0 Å². The van der Waals surface area contributed by atoms with Gasteiger partial charge in [-0.05, 0) is 32.5 Å². The SMILES string of the molecule is CN(C)CCC(NC(=O)c1cc(-c2ccccc2)on1)C(C)(C)C. The largest absolute Gasteiger partial charge is 0.355 e. The second kappa shape index (κ2) is 7.62. The van der Waals surface area contributed by atoms with Crippen molar-refractivity contribution in [2.75, 3.05) is 20.6 Å². The average molecular weight is 329 g/mol. The molecule has 5 heteroatoms. The van der Waals surface area contributed by atoms with Gasteiger partial charge in [-0.25, -0.2) is 0 Å². The normalized spacial score (nSPS) is 13.1. The third-order valence-corrected chi connectivity index (χ3v) is 4.02. The summed E-state index contributed by atoms with van der Waals surface area (Å²) < 4.78 is 5.32. The Balaban J connectivity index is 2.09. The molecular formula is C19H27N3O2. The summed E-state index contributed by atoms with van der Waals surface area (Å²) in [4.78, 5) is 14.7. The predicted octanol–water partition coefficient (Wildman–Crippen LogP) is 3.44. The summed E-state index contributed by atoms with van der Waals surface area (Å²) in [6.07, 6.45) is 0.881. The van der Waals surface area contributed by atoms with Gasteiger partial charge >= 0.3 is 0 Å². The first-order valence-corrected chi connectivity index (χ1v) is 8.25. The summed E-state index contributed by atoms with van der Waals surface area (Å²) >= 11 is 0. The molecule has 24 heavy (non-hydrogen) atoms. The molecule has 0 fully saturated rings. The Hall–Kier alpha value is -2.14. The maximum absolute atomic E-state index is 12.5. The van der Waals surface area contributed by atoms with Crippen LogP contribution in [0.3, 0.4) is 0 Å². The molecule has 1 amide bonds. The van der Waals surface area contributed by atoms with Crippen LogP contribution in [-0.2, 0) is 0 Å². The molecule has 1 aromatic heterocycles. The summed E-state index contributed by atoms with van der Waals surface area (Å²) in [5.41, 5.74) is 1.19. The van der Waals surface area contributed by atoms with Crippen LogP contribution in [0.15, 0.2) is 40.9 Å². The molecule has 5 nitrogen and oxygen atoms in total. The number of carbonyl (C=O) groups excluding carboxylic acids is 1. The molecule has 0 aliphatic rings. The van der Waals surface area contributed by atoms with Crippen LogP contribution in [0.25, 0.3) is 11.3 Å². The minimum atomic E-state index is -0.195. The molecule has 0 aliphatic carbocycles. The molecule has 1 atom stereocenters. The van der Waals surface area contributed by atoms with Crippen molar-refractivity contribution in [1.82, 2.24) is 15.4 Å². The molecule has 130 valence electrons. The zero-order chi connectivity index (χ0) is 17.7. The first-order chi connectivity index (χ1) is 11.3.